The Hall–Kier alpha value is -3.03. The van der Waals surface area contributed by atoms with Gasteiger partial charge in [0.2, 0.25) is 0 Å². The molecule has 160 valence electrons. The van der Waals surface area contributed by atoms with Crippen LogP contribution in [0.4, 0.5) is 15.9 Å². The van der Waals surface area contributed by atoms with E-state index in [2.05, 4.69) is 26.4 Å². The number of aliphatic hydroxyl groups is 1. The number of rotatable bonds is 8. The summed E-state index contributed by atoms with van der Waals surface area (Å²) in [5.41, 5.74) is 1.46. The highest BCUT2D eigenvalue weighted by Gasteiger charge is 2.12. The van der Waals surface area contributed by atoms with Crippen LogP contribution in [0, 0.1) is 11.7 Å². The number of hydrogen-bond acceptors (Lipinski definition) is 6. The monoisotopic (exact) mass is 440 g/mol. The van der Waals surface area contributed by atoms with Crippen molar-refractivity contribution in [1.29, 1.82) is 0 Å². The number of nitrogens with one attached hydrogen (secondary N) is 1. The number of fused-ring (bicyclic) bond motifs is 1. The average Bonchev–Trinajstić information content (AvgIpc) is 2.77. The van der Waals surface area contributed by atoms with E-state index >= 15 is 0 Å². The second-order valence-electron chi connectivity index (χ2n) is 7.28. The normalized spacial score (nSPS) is 14.9. The predicted octanol–water partition coefficient (Wildman–Crippen LogP) is 3.39. The lowest BCUT2D eigenvalue weighted by molar-refractivity contribution is 0.279. The lowest BCUT2D eigenvalue weighted by Crippen LogP contribution is -2.36. The topological polar surface area (TPSA) is 79.6 Å². The zero-order valence-corrected chi connectivity index (χ0v) is 17.5. The quantitative estimate of drug-likeness (QED) is 0.561. The van der Waals surface area contributed by atoms with Gasteiger partial charge < -0.3 is 15.2 Å². The number of aliphatic hydroxyl groups excluding tert-OH is 1. The van der Waals surface area contributed by atoms with Crippen molar-refractivity contribution in [3.8, 4) is 5.75 Å². The number of ether oxygens (including phenoxy) is 1. The molecule has 4 rings (SSSR count). The van der Waals surface area contributed by atoms with Crippen molar-refractivity contribution in [3.05, 3.63) is 75.9 Å². The van der Waals surface area contributed by atoms with E-state index in [1.165, 1.54) is 18.5 Å². The van der Waals surface area contributed by atoms with Crippen LogP contribution in [0.25, 0.3) is 6.08 Å². The van der Waals surface area contributed by atoms with E-state index in [0.717, 1.165) is 29.4 Å². The maximum atomic E-state index is 13.3. The van der Waals surface area contributed by atoms with Crippen molar-refractivity contribution in [3.63, 3.8) is 0 Å². The van der Waals surface area contributed by atoms with Crippen LogP contribution < -0.4 is 20.8 Å². The van der Waals surface area contributed by atoms with Gasteiger partial charge >= 0.3 is 0 Å². The van der Waals surface area contributed by atoms with Crippen LogP contribution in [0.1, 0.15) is 18.4 Å². The molecule has 1 aliphatic rings. The van der Waals surface area contributed by atoms with Gasteiger partial charge in [0, 0.05) is 18.8 Å². The van der Waals surface area contributed by atoms with E-state index in [-0.39, 0.29) is 24.9 Å². The third-order valence-corrected chi connectivity index (χ3v) is 5.23. The molecule has 1 unspecified atom stereocenters. The molecular formula is C23H22ClFN4O2. The van der Waals surface area contributed by atoms with Gasteiger partial charge in [0.1, 0.15) is 29.9 Å². The fraction of sp³-hybridized carbons (Fsp3) is 0.261. The Bertz CT molecular complexity index is 1190. The molecule has 2 N–H and O–H groups in total. The van der Waals surface area contributed by atoms with Crippen molar-refractivity contribution in [2.24, 2.45) is 10.9 Å². The summed E-state index contributed by atoms with van der Waals surface area (Å²) >= 11 is 6.38. The first-order chi connectivity index (χ1) is 15.1. The predicted molar refractivity (Wildman–Crippen MR) is 117 cm³/mol. The summed E-state index contributed by atoms with van der Waals surface area (Å²) in [5, 5.41) is 14.2. The molecule has 0 spiro atoms. The molecule has 31 heavy (non-hydrogen) atoms. The Balaban J connectivity index is 1.48. The fourth-order valence-corrected chi connectivity index (χ4v) is 3.63. The minimum atomic E-state index is -0.303. The standard InChI is InChI=1S/C23H22ClFN4O2/c24-19-11-18(6-7-21(19)31-13-16-3-1-5-17(25)9-16)29-23-22-20(27-14-28-23)10-15(12-26-22)4-2-8-30/h1,3,5-7,9-11,14-15,30H,2,4,8,12-13H2,(H,27,28,29). The number of nitrogens with zero attached hydrogens (tertiary/aromatic N) is 3. The summed E-state index contributed by atoms with van der Waals surface area (Å²) < 4.78 is 19.0. The van der Waals surface area contributed by atoms with E-state index in [0.29, 0.717) is 28.5 Å². The van der Waals surface area contributed by atoms with Crippen molar-refractivity contribution >= 4 is 29.2 Å². The molecule has 1 aromatic heterocycles. The summed E-state index contributed by atoms with van der Waals surface area (Å²) in [6.45, 7) is 1.04. The molecule has 1 atom stereocenters. The Morgan fingerprint density at radius 1 is 1.19 bits per heavy atom. The molecule has 2 heterocycles. The molecule has 3 aromatic rings. The van der Waals surface area contributed by atoms with Crippen LogP contribution in [-0.2, 0) is 6.61 Å². The van der Waals surface area contributed by atoms with E-state index in [9.17, 15) is 4.39 Å². The molecule has 2 aromatic carbocycles. The van der Waals surface area contributed by atoms with Gasteiger partial charge in [-0.2, -0.15) is 0 Å². The summed E-state index contributed by atoms with van der Waals surface area (Å²) in [6.07, 6.45) is 5.20. The first-order valence-electron chi connectivity index (χ1n) is 10.0. The van der Waals surface area contributed by atoms with Gasteiger partial charge in [-0.25, -0.2) is 14.4 Å². The van der Waals surface area contributed by atoms with Gasteiger partial charge in [0.15, 0.2) is 5.82 Å². The van der Waals surface area contributed by atoms with Crippen molar-refractivity contribution in [1.82, 2.24) is 9.97 Å². The summed E-state index contributed by atoms with van der Waals surface area (Å²) in [6, 6.07) is 11.6. The third kappa shape index (κ3) is 5.37. The SMILES string of the molecule is OCCCC1C=c2ncnc(Nc3ccc(OCc4cccc(F)c4)c(Cl)c3)c2=NC1. The minimum Gasteiger partial charge on any atom is -0.487 e. The summed E-state index contributed by atoms with van der Waals surface area (Å²) in [4.78, 5) is 13.3. The largest absolute Gasteiger partial charge is 0.487 e. The lowest BCUT2D eigenvalue weighted by Gasteiger charge is -2.14. The van der Waals surface area contributed by atoms with Crippen LogP contribution in [0.15, 0.2) is 53.8 Å². The summed E-state index contributed by atoms with van der Waals surface area (Å²) in [7, 11) is 0. The molecule has 8 heteroatoms. The van der Waals surface area contributed by atoms with Gasteiger partial charge in [0.05, 0.1) is 10.4 Å². The Kier molecular flexibility index (Phi) is 6.74. The van der Waals surface area contributed by atoms with E-state index in [4.69, 9.17) is 21.4 Å². The van der Waals surface area contributed by atoms with Crippen molar-refractivity contribution in [2.45, 2.75) is 19.4 Å². The molecule has 0 bridgehead atoms. The third-order valence-electron chi connectivity index (χ3n) is 4.94. The van der Waals surface area contributed by atoms with Crippen LogP contribution in [0.5, 0.6) is 5.75 Å². The highest BCUT2D eigenvalue weighted by Crippen LogP contribution is 2.29. The maximum absolute atomic E-state index is 13.3. The number of hydrogen-bond donors (Lipinski definition) is 2. The van der Waals surface area contributed by atoms with E-state index in [1.54, 1.807) is 24.3 Å². The Labute approximate surface area is 184 Å². The highest BCUT2D eigenvalue weighted by molar-refractivity contribution is 6.32. The number of anilines is 2. The van der Waals surface area contributed by atoms with Gasteiger partial charge in [0.25, 0.3) is 0 Å². The second kappa shape index (κ2) is 9.85. The molecule has 0 radical (unpaired) electrons. The zero-order valence-electron chi connectivity index (χ0n) is 16.8. The Morgan fingerprint density at radius 3 is 2.90 bits per heavy atom. The number of aromatic nitrogens is 2. The van der Waals surface area contributed by atoms with Crippen LogP contribution in [0.3, 0.4) is 0 Å². The number of benzene rings is 2. The zero-order chi connectivity index (χ0) is 21.6. The smallest absolute Gasteiger partial charge is 0.159 e. The average molecular weight is 441 g/mol. The lowest BCUT2D eigenvalue weighted by atomic mass is 10.0. The Morgan fingerprint density at radius 2 is 2.10 bits per heavy atom. The second-order valence-corrected chi connectivity index (χ2v) is 7.69. The van der Waals surface area contributed by atoms with Crippen molar-refractivity contribution in [2.75, 3.05) is 18.5 Å². The first-order valence-corrected chi connectivity index (χ1v) is 10.4. The molecule has 1 aliphatic heterocycles. The van der Waals surface area contributed by atoms with Gasteiger partial charge in [-0.15, -0.1) is 0 Å². The van der Waals surface area contributed by atoms with Crippen LogP contribution in [-0.4, -0.2) is 28.2 Å². The molecule has 0 saturated heterocycles. The highest BCUT2D eigenvalue weighted by atomic mass is 35.5. The van der Waals surface area contributed by atoms with E-state index < -0.39 is 0 Å². The van der Waals surface area contributed by atoms with Crippen LogP contribution >= 0.6 is 11.6 Å². The van der Waals surface area contributed by atoms with Gasteiger partial charge in [-0.05, 0) is 54.7 Å². The maximum Gasteiger partial charge on any atom is 0.159 e. The first kappa shape index (κ1) is 21.2. The van der Waals surface area contributed by atoms with Crippen molar-refractivity contribution < 1.29 is 14.2 Å². The van der Waals surface area contributed by atoms with Crippen LogP contribution in [0.2, 0.25) is 5.02 Å². The molecule has 0 fully saturated rings. The molecule has 0 amide bonds. The molecule has 0 saturated carbocycles. The molecular weight excluding hydrogens is 419 g/mol. The molecule has 0 aliphatic carbocycles. The minimum absolute atomic E-state index is 0.177. The number of halogens is 2. The summed E-state index contributed by atoms with van der Waals surface area (Å²) in [5.74, 6) is 1.07. The van der Waals surface area contributed by atoms with Gasteiger partial charge in [-0.3, -0.25) is 4.99 Å². The fourth-order valence-electron chi connectivity index (χ4n) is 3.39. The molecule has 6 nitrogen and oxygen atoms in total. The van der Waals surface area contributed by atoms with E-state index in [1.807, 2.05) is 6.07 Å². The van der Waals surface area contributed by atoms with Gasteiger partial charge in [-0.1, -0.05) is 29.8 Å².